The number of H-pyrrole nitrogens is 1. The first kappa shape index (κ1) is 14.1. The highest BCUT2D eigenvalue weighted by atomic mass is 32.2. The van der Waals surface area contributed by atoms with Crippen molar-refractivity contribution >= 4 is 23.0 Å². The van der Waals surface area contributed by atoms with Gasteiger partial charge in [-0.15, -0.1) is 0 Å². The Labute approximate surface area is 120 Å². The molecule has 0 aliphatic rings. The minimum atomic E-state index is -0.807. The first-order chi connectivity index (χ1) is 9.09. The van der Waals surface area contributed by atoms with E-state index in [0.717, 1.165) is 24.4 Å². The number of nitrogens with zero attached hydrogens (tertiary/aromatic N) is 2. The van der Waals surface area contributed by atoms with Crippen LogP contribution >= 0.6 is 12.2 Å². The number of hydrogen-bond acceptors (Lipinski definition) is 3. The van der Waals surface area contributed by atoms with Gasteiger partial charge in [0, 0.05) is 34.4 Å². The summed E-state index contributed by atoms with van der Waals surface area (Å²) in [6.07, 6.45) is 2.55. The van der Waals surface area contributed by atoms with Crippen molar-refractivity contribution in [3.8, 4) is 11.4 Å². The third-order valence-corrected chi connectivity index (χ3v) is 4.80. The van der Waals surface area contributed by atoms with Crippen LogP contribution in [0.3, 0.4) is 0 Å². The zero-order chi connectivity index (χ0) is 13.8. The fraction of sp³-hybridized carbons (Fsp3) is 0.385. The molecular weight excluding hydrogens is 278 g/mol. The summed E-state index contributed by atoms with van der Waals surface area (Å²) in [6.45, 7) is 2.71. The van der Waals surface area contributed by atoms with Gasteiger partial charge in [0.1, 0.15) is 0 Å². The highest BCUT2D eigenvalue weighted by Gasteiger charge is 2.11. The lowest BCUT2D eigenvalue weighted by Gasteiger charge is -2.10. The Kier molecular flexibility index (Phi) is 4.66. The molecule has 0 bridgehead atoms. The number of nitrogens with one attached hydrogen (secondary N) is 1. The number of hydrogen-bond donors (Lipinski definition) is 1. The first-order valence-electron chi connectivity index (χ1n) is 6.12. The van der Waals surface area contributed by atoms with Gasteiger partial charge in [0.2, 0.25) is 0 Å². The Hall–Kier alpha value is -1.27. The number of aromatic amines is 1. The summed E-state index contributed by atoms with van der Waals surface area (Å²) in [4.78, 5) is 0. The molecule has 2 rings (SSSR count). The monoisotopic (exact) mass is 295 g/mol. The predicted molar refractivity (Wildman–Crippen MR) is 81.0 cm³/mol. The van der Waals surface area contributed by atoms with E-state index in [1.165, 1.54) is 0 Å². The molecule has 0 saturated heterocycles. The average molecular weight is 295 g/mol. The Bertz CT molecular complexity index is 618. The Balaban J connectivity index is 2.24. The summed E-state index contributed by atoms with van der Waals surface area (Å²) in [6, 6.07) is 9.92. The maximum Gasteiger partial charge on any atom is 0.195 e. The number of aromatic nitrogens is 3. The smallest absolute Gasteiger partial charge is 0.195 e. The van der Waals surface area contributed by atoms with Crippen LogP contribution in [0.25, 0.3) is 11.4 Å². The molecule has 0 aliphatic carbocycles. The van der Waals surface area contributed by atoms with Gasteiger partial charge in [-0.3, -0.25) is 9.31 Å². The van der Waals surface area contributed by atoms with Crippen LogP contribution in [0.2, 0.25) is 0 Å². The van der Waals surface area contributed by atoms with Gasteiger partial charge in [-0.25, -0.2) is 0 Å². The third-order valence-electron chi connectivity index (χ3n) is 3.12. The van der Waals surface area contributed by atoms with Crippen molar-refractivity contribution in [2.75, 3.05) is 6.26 Å². The van der Waals surface area contributed by atoms with E-state index < -0.39 is 10.8 Å². The summed E-state index contributed by atoms with van der Waals surface area (Å²) >= 11 is 5.26. The van der Waals surface area contributed by atoms with E-state index in [4.69, 9.17) is 12.2 Å². The molecule has 1 N–H and O–H groups in total. The molecule has 0 saturated carbocycles. The van der Waals surface area contributed by atoms with E-state index in [2.05, 4.69) is 10.2 Å². The molecule has 0 spiro atoms. The second kappa shape index (κ2) is 6.25. The molecular formula is C13H17N3OS2. The quantitative estimate of drug-likeness (QED) is 0.863. The summed E-state index contributed by atoms with van der Waals surface area (Å²) in [5, 5.41) is 7.26. The van der Waals surface area contributed by atoms with Crippen LogP contribution in [-0.4, -0.2) is 30.5 Å². The molecule has 0 aliphatic heterocycles. The zero-order valence-electron chi connectivity index (χ0n) is 11.0. The van der Waals surface area contributed by atoms with Crippen LogP contribution in [0.5, 0.6) is 0 Å². The average Bonchev–Trinajstić information content (AvgIpc) is 2.78. The largest absolute Gasteiger partial charge is 0.300 e. The van der Waals surface area contributed by atoms with Crippen molar-refractivity contribution in [1.29, 1.82) is 0 Å². The Morgan fingerprint density at radius 1 is 1.42 bits per heavy atom. The van der Waals surface area contributed by atoms with Gasteiger partial charge in [0.25, 0.3) is 0 Å². The standard InChI is InChI=1S/C13H17N3OS2/c1-10(19(2)17)8-9-16-12(14-15-13(16)18)11-6-4-3-5-7-11/h3-7,10H,8-9H2,1-2H3,(H,15,18). The maximum absolute atomic E-state index is 11.4. The van der Waals surface area contributed by atoms with Gasteiger partial charge in [-0.1, -0.05) is 37.3 Å². The van der Waals surface area contributed by atoms with Crippen LogP contribution in [0, 0.1) is 4.77 Å². The SMILES string of the molecule is CC(CCn1c(-c2ccccc2)n[nH]c1=S)S(C)=O. The maximum atomic E-state index is 11.4. The van der Waals surface area contributed by atoms with Crippen LogP contribution in [-0.2, 0) is 17.3 Å². The van der Waals surface area contributed by atoms with Crippen LogP contribution < -0.4 is 0 Å². The molecule has 19 heavy (non-hydrogen) atoms. The lowest BCUT2D eigenvalue weighted by Crippen LogP contribution is -2.13. The number of rotatable bonds is 5. The second-order valence-electron chi connectivity index (χ2n) is 4.47. The van der Waals surface area contributed by atoms with Crippen molar-refractivity contribution < 1.29 is 4.21 Å². The lowest BCUT2D eigenvalue weighted by molar-refractivity contribution is 0.617. The van der Waals surface area contributed by atoms with Crippen LogP contribution in [0.4, 0.5) is 0 Å². The summed E-state index contributed by atoms with van der Waals surface area (Å²) in [5.74, 6) is 0.833. The molecule has 6 heteroatoms. The fourth-order valence-corrected chi connectivity index (χ4v) is 2.47. The van der Waals surface area contributed by atoms with E-state index in [1.807, 2.05) is 41.8 Å². The molecule has 0 fully saturated rings. The van der Waals surface area contributed by atoms with Crippen molar-refractivity contribution in [2.45, 2.75) is 25.1 Å². The van der Waals surface area contributed by atoms with Gasteiger partial charge in [0.05, 0.1) is 0 Å². The molecule has 0 radical (unpaired) electrons. The van der Waals surface area contributed by atoms with Gasteiger partial charge < -0.3 is 4.57 Å². The molecule has 1 aromatic carbocycles. The molecule has 2 unspecified atom stereocenters. The molecule has 1 heterocycles. The van der Waals surface area contributed by atoms with Gasteiger partial charge in [0.15, 0.2) is 10.6 Å². The minimum Gasteiger partial charge on any atom is -0.300 e. The van der Waals surface area contributed by atoms with Crippen molar-refractivity contribution in [2.24, 2.45) is 0 Å². The topological polar surface area (TPSA) is 50.7 Å². The van der Waals surface area contributed by atoms with Crippen LogP contribution in [0.15, 0.2) is 30.3 Å². The minimum absolute atomic E-state index is 0.153. The molecule has 2 atom stereocenters. The summed E-state index contributed by atoms with van der Waals surface area (Å²) in [7, 11) is -0.807. The van der Waals surface area contributed by atoms with E-state index in [1.54, 1.807) is 6.26 Å². The Morgan fingerprint density at radius 2 is 2.11 bits per heavy atom. The van der Waals surface area contributed by atoms with Crippen molar-refractivity contribution in [1.82, 2.24) is 14.8 Å². The molecule has 2 aromatic rings. The Morgan fingerprint density at radius 3 is 2.74 bits per heavy atom. The highest BCUT2D eigenvalue weighted by Crippen LogP contribution is 2.17. The van der Waals surface area contributed by atoms with Gasteiger partial charge >= 0.3 is 0 Å². The van der Waals surface area contributed by atoms with Crippen molar-refractivity contribution in [3.63, 3.8) is 0 Å². The van der Waals surface area contributed by atoms with E-state index >= 15 is 0 Å². The zero-order valence-corrected chi connectivity index (χ0v) is 12.6. The van der Waals surface area contributed by atoms with E-state index in [0.29, 0.717) is 4.77 Å². The molecule has 0 amide bonds. The van der Waals surface area contributed by atoms with Gasteiger partial charge in [-0.2, -0.15) is 5.10 Å². The fourth-order valence-electron chi connectivity index (χ4n) is 1.81. The first-order valence-corrected chi connectivity index (χ1v) is 8.15. The third kappa shape index (κ3) is 3.39. The van der Waals surface area contributed by atoms with Crippen molar-refractivity contribution in [3.05, 3.63) is 35.1 Å². The number of benzene rings is 1. The normalized spacial score (nSPS) is 14.2. The molecule has 1 aromatic heterocycles. The van der Waals surface area contributed by atoms with Gasteiger partial charge in [-0.05, 0) is 18.6 Å². The molecule has 102 valence electrons. The highest BCUT2D eigenvalue weighted by molar-refractivity contribution is 7.84. The summed E-state index contributed by atoms with van der Waals surface area (Å²) in [5.41, 5.74) is 1.03. The van der Waals surface area contributed by atoms with E-state index in [9.17, 15) is 4.21 Å². The molecule has 4 nitrogen and oxygen atoms in total. The summed E-state index contributed by atoms with van der Waals surface area (Å²) < 4.78 is 14.0. The van der Waals surface area contributed by atoms with Crippen LogP contribution in [0.1, 0.15) is 13.3 Å². The predicted octanol–water partition coefficient (Wildman–Crippen LogP) is 2.76. The van der Waals surface area contributed by atoms with E-state index in [-0.39, 0.29) is 5.25 Å². The lowest BCUT2D eigenvalue weighted by atomic mass is 10.2. The second-order valence-corrected chi connectivity index (χ2v) is 6.66.